The van der Waals surface area contributed by atoms with Gasteiger partial charge in [-0.1, -0.05) is 36.4 Å². The SMILES string of the molecule is C=CCCCN(C)C(=NCCCCOCCc1ccccc1)NCC. The Hall–Kier alpha value is -1.81. The number of unbranched alkanes of at least 4 members (excludes halogenated alkanes) is 2. The van der Waals surface area contributed by atoms with Crippen LogP contribution < -0.4 is 5.32 Å². The smallest absolute Gasteiger partial charge is 0.193 e. The molecule has 0 heterocycles. The van der Waals surface area contributed by atoms with Crippen molar-refractivity contribution in [3.63, 3.8) is 0 Å². The van der Waals surface area contributed by atoms with Gasteiger partial charge in [-0.2, -0.15) is 0 Å². The summed E-state index contributed by atoms with van der Waals surface area (Å²) in [5.74, 6) is 0.997. The third-order valence-corrected chi connectivity index (χ3v) is 3.93. The predicted octanol–water partition coefficient (Wildman–Crippen LogP) is 3.89. The van der Waals surface area contributed by atoms with Gasteiger partial charge in [0, 0.05) is 33.3 Å². The lowest BCUT2D eigenvalue weighted by Gasteiger charge is -2.21. The van der Waals surface area contributed by atoms with Crippen molar-refractivity contribution in [2.45, 2.75) is 39.0 Å². The molecule has 0 aliphatic rings. The second-order valence-electron chi connectivity index (χ2n) is 6.14. The van der Waals surface area contributed by atoms with Crippen LogP contribution >= 0.6 is 0 Å². The zero-order valence-corrected chi connectivity index (χ0v) is 16.0. The number of nitrogens with one attached hydrogen (secondary N) is 1. The van der Waals surface area contributed by atoms with Crippen LogP contribution in [-0.4, -0.2) is 50.8 Å². The molecule has 0 bridgehead atoms. The van der Waals surface area contributed by atoms with Crippen LogP contribution in [0.3, 0.4) is 0 Å². The number of guanidine groups is 1. The molecule has 0 aliphatic carbocycles. The molecule has 1 aromatic rings. The lowest BCUT2D eigenvalue weighted by atomic mass is 10.2. The van der Waals surface area contributed by atoms with E-state index in [1.165, 1.54) is 5.56 Å². The molecule has 0 aliphatic heterocycles. The summed E-state index contributed by atoms with van der Waals surface area (Å²) in [5, 5.41) is 3.36. The molecule has 140 valence electrons. The number of aliphatic imine (C=N–C) groups is 1. The molecule has 0 atom stereocenters. The van der Waals surface area contributed by atoms with E-state index >= 15 is 0 Å². The van der Waals surface area contributed by atoms with Crippen molar-refractivity contribution >= 4 is 5.96 Å². The molecule has 0 saturated heterocycles. The number of ether oxygens (including phenoxy) is 1. The standard InChI is InChI=1S/C21H35N3O/c1-4-6-11-17-24(3)21(22-5-2)23-16-10-12-18-25-19-15-20-13-8-7-9-14-20/h4,7-9,13-14H,1,5-6,10-12,15-19H2,2-3H3,(H,22,23). The molecule has 0 fully saturated rings. The minimum atomic E-state index is 0.794. The van der Waals surface area contributed by atoms with Gasteiger partial charge in [-0.15, -0.1) is 6.58 Å². The Bertz CT molecular complexity index is 473. The average molecular weight is 346 g/mol. The van der Waals surface area contributed by atoms with E-state index in [9.17, 15) is 0 Å². The van der Waals surface area contributed by atoms with Gasteiger partial charge in [0.1, 0.15) is 0 Å². The van der Waals surface area contributed by atoms with Crippen LogP contribution in [-0.2, 0) is 11.2 Å². The first-order chi connectivity index (χ1) is 12.3. The number of allylic oxidation sites excluding steroid dienone is 1. The highest BCUT2D eigenvalue weighted by atomic mass is 16.5. The molecular formula is C21H35N3O. The van der Waals surface area contributed by atoms with Gasteiger partial charge in [-0.05, 0) is 44.6 Å². The van der Waals surface area contributed by atoms with E-state index in [-0.39, 0.29) is 0 Å². The summed E-state index contributed by atoms with van der Waals surface area (Å²) in [5.41, 5.74) is 1.34. The Morgan fingerprint density at radius 2 is 2.00 bits per heavy atom. The lowest BCUT2D eigenvalue weighted by Crippen LogP contribution is -2.39. The van der Waals surface area contributed by atoms with Crippen LogP contribution in [0.25, 0.3) is 0 Å². The zero-order valence-electron chi connectivity index (χ0n) is 16.0. The fraction of sp³-hybridized carbons (Fsp3) is 0.571. The normalized spacial score (nSPS) is 11.4. The molecule has 0 spiro atoms. The van der Waals surface area contributed by atoms with E-state index in [0.29, 0.717) is 0 Å². The number of rotatable bonds is 13. The summed E-state index contributed by atoms with van der Waals surface area (Å²) in [4.78, 5) is 6.91. The summed E-state index contributed by atoms with van der Waals surface area (Å²) in [6.45, 7) is 10.2. The topological polar surface area (TPSA) is 36.9 Å². The molecule has 25 heavy (non-hydrogen) atoms. The van der Waals surface area contributed by atoms with Crippen molar-refractivity contribution in [3.05, 3.63) is 48.6 Å². The molecule has 0 saturated carbocycles. The zero-order chi connectivity index (χ0) is 18.2. The van der Waals surface area contributed by atoms with Crippen LogP contribution in [0.5, 0.6) is 0 Å². The van der Waals surface area contributed by atoms with Gasteiger partial charge in [0.15, 0.2) is 5.96 Å². The molecule has 1 rings (SSSR count). The van der Waals surface area contributed by atoms with Gasteiger partial charge in [-0.3, -0.25) is 4.99 Å². The Kier molecular flexibility index (Phi) is 12.3. The first kappa shape index (κ1) is 21.2. The van der Waals surface area contributed by atoms with Gasteiger partial charge in [0.05, 0.1) is 6.61 Å². The van der Waals surface area contributed by atoms with Crippen molar-refractivity contribution in [2.24, 2.45) is 4.99 Å². The Morgan fingerprint density at radius 3 is 2.72 bits per heavy atom. The van der Waals surface area contributed by atoms with E-state index < -0.39 is 0 Å². The van der Waals surface area contributed by atoms with E-state index in [1.807, 2.05) is 12.1 Å². The van der Waals surface area contributed by atoms with E-state index in [2.05, 4.69) is 55.0 Å². The van der Waals surface area contributed by atoms with Crippen molar-refractivity contribution in [2.75, 3.05) is 39.9 Å². The van der Waals surface area contributed by atoms with E-state index in [0.717, 1.165) is 70.9 Å². The fourth-order valence-corrected chi connectivity index (χ4v) is 2.49. The summed E-state index contributed by atoms with van der Waals surface area (Å²) >= 11 is 0. The molecule has 4 heteroatoms. The highest BCUT2D eigenvalue weighted by molar-refractivity contribution is 5.79. The molecule has 1 aromatic carbocycles. The minimum Gasteiger partial charge on any atom is -0.381 e. The summed E-state index contributed by atoms with van der Waals surface area (Å²) < 4.78 is 5.72. The second-order valence-corrected chi connectivity index (χ2v) is 6.14. The third kappa shape index (κ3) is 10.6. The summed E-state index contributed by atoms with van der Waals surface area (Å²) in [6.07, 6.45) is 7.22. The van der Waals surface area contributed by atoms with Gasteiger partial charge in [0.25, 0.3) is 0 Å². The number of nitrogens with zero attached hydrogens (tertiary/aromatic N) is 2. The maximum Gasteiger partial charge on any atom is 0.193 e. The third-order valence-electron chi connectivity index (χ3n) is 3.93. The summed E-state index contributed by atoms with van der Waals surface area (Å²) in [7, 11) is 2.09. The molecule has 0 amide bonds. The van der Waals surface area contributed by atoms with Crippen molar-refractivity contribution in [1.82, 2.24) is 10.2 Å². The van der Waals surface area contributed by atoms with Crippen LogP contribution in [0.1, 0.15) is 38.2 Å². The van der Waals surface area contributed by atoms with Gasteiger partial charge >= 0.3 is 0 Å². The average Bonchev–Trinajstić information content (AvgIpc) is 2.64. The second kappa shape index (κ2) is 14.5. The Morgan fingerprint density at radius 1 is 1.20 bits per heavy atom. The minimum absolute atomic E-state index is 0.794. The summed E-state index contributed by atoms with van der Waals surface area (Å²) in [6, 6.07) is 10.5. The van der Waals surface area contributed by atoms with Crippen LogP contribution in [0.15, 0.2) is 48.0 Å². The number of benzene rings is 1. The number of hydrogen-bond acceptors (Lipinski definition) is 2. The Labute approximate surface area is 154 Å². The van der Waals surface area contributed by atoms with E-state index in [4.69, 9.17) is 9.73 Å². The molecular weight excluding hydrogens is 310 g/mol. The van der Waals surface area contributed by atoms with Crippen LogP contribution in [0.2, 0.25) is 0 Å². The fourth-order valence-electron chi connectivity index (χ4n) is 2.49. The quantitative estimate of drug-likeness (QED) is 0.255. The highest BCUT2D eigenvalue weighted by Crippen LogP contribution is 2.01. The maximum atomic E-state index is 5.72. The van der Waals surface area contributed by atoms with Crippen LogP contribution in [0.4, 0.5) is 0 Å². The Balaban J connectivity index is 2.12. The molecule has 4 nitrogen and oxygen atoms in total. The molecule has 0 unspecified atom stereocenters. The highest BCUT2D eigenvalue weighted by Gasteiger charge is 2.04. The van der Waals surface area contributed by atoms with Gasteiger partial charge in [0.2, 0.25) is 0 Å². The van der Waals surface area contributed by atoms with Crippen molar-refractivity contribution in [1.29, 1.82) is 0 Å². The number of hydrogen-bond donors (Lipinski definition) is 1. The van der Waals surface area contributed by atoms with Crippen molar-refractivity contribution < 1.29 is 4.74 Å². The molecule has 0 radical (unpaired) electrons. The monoisotopic (exact) mass is 345 g/mol. The first-order valence-corrected chi connectivity index (χ1v) is 9.50. The lowest BCUT2D eigenvalue weighted by molar-refractivity contribution is 0.134. The van der Waals surface area contributed by atoms with E-state index in [1.54, 1.807) is 0 Å². The predicted molar refractivity (Wildman–Crippen MR) is 108 cm³/mol. The van der Waals surface area contributed by atoms with Crippen molar-refractivity contribution in [3.8, 4) is 0 Å². The van der Waals surface area contributed by atoms with Crippen LogP contribution in [0, 0.1) is 0 Å². The first-order valence-electron chi connectivity index (χ1n) is 9.50. The van der Waals surface area contributed by atoms with Gasteiger partial charge < -0.3 is 15.0 Å². The molecule has 0 aromatic heterocycles. The maximum absolute atomic E-state index is 5.72. The largest absolute Gasteiger partial charge is 0.381 e. The van der Waals surface area contributed by atoms with Gasteiger partial charge in [-0.25, -0.2) is 0 Å². The molecule has 1 N–H and O–H groups in total.